The third-order valence-electron chi connectivity index (χ3n) is 3.80. The molecule has 2 saturated heterocycles. The smallest absolute Gasteiger partial charge is 0.187 e. The number of hydrogen-bond donors (Lipinski definition) is 0. The quantitative estimate of drug-likeness (QED) is 0.793. The Morgan fingerprint density at radius 1 is 1.19 bits per heavy atom. The normalized spacial score (nSPS) is 35.1. The van der Waals surface area contributed by atoms with Crippen LogP contribution in [0.15, 0.2) is 10.6 Å². The van der Waals surface area contributed by atoms with Gasteiger partial charge in [-0.15, -0.1) is 0 Å². The molecule has 1 aromatic heterocycles. The van der Waals surface area contributed by atoms with Gasteiger partial charge in [-0.05, 0) is 13.8 Å². The summed E-state index contributed by atoms with van der Waals surface area (Å²) in [7, 11) is 0.0675. The first-order valence-electron chi connectivity index (χ1n) is 7.22. The zero-order valence-corrected chi connectivity index (χ0v) is 14.4. The Kier molecular flexibility index (Phi) is 3.53. The lowest BCUT2D eigenvalue weighted by molar-refractivity contribution is -0.228. The summed E-state index contributed by atoms with van der Waals surface area (Å²) in [6.07, 6.45) is -1.25. The summed E-state index contributed by atoms with van der Waals surface area (Å²) >= 11 is 0. The number of rotatable bonds is 3. The van der Waals surface area contributed by atoms with Crippen LogP contribution >= 0.6 is 0 Å². The summed E-state index contributed by atoms with van der Waals surface area (Å²) in [4.78, 5) is 0. The van der Waals surface area contributed by atoms with E-state index in [0.717, 1.165) is 11.1 Å². The highest BCUT2D eigenvalue weighted by Crippen LogP contribution is 2.44. The van der Waals surface area contributed by atoms with Gasteiger partial charge in [-0.3, -0.25) is 0 Å². The summed E-state index contributed by atoms with van der Waals surface area (Å²) in [5, 5.41) is 5.14. The summed E-state index contributed by atoms with van der Waals surface area (Å²) < 4.78 is 28.6. The fourth-order valence-corrected chi connectivity index (χ4v) is 3.67. The van der Waals surface area contributed by atoms with E-state index in [2.05, 4.69) is 24.8 Å². The molecule has 2 fully saturated rings. The van der Waals surface area contributed by atoms with Gasteiger partial charge in [-0.25, -0.2) is 0 Å². The molecule has 0 radical (unpaired) electrons. The van der Waals surface area contributed by atoms with Crippen LogP contribution in [0, 0.1) is 0 Å². The highest BCUT2D eigenvalue weighted by atomic mass is 28.3. The topological polar surface area (TPSA) is 63.0 Å². The summed E-state index contributed by atoms with van der Waals surface area (Å²) in [5.74, 6) is -0.639. The largest absolute Gasteiger partial charge is 0.366 e. The van der Waals surface area contributed by atoms with Crippen LogP contribution in [0.3, 0.4) is 0 Å². The van der Waals surface area contributed by atoms with Crippen molar-refractivity contribution in [2.24, 2.45) is 0 Å². The molecule has 0 spiro atoms. The Bertz CT molecular complexity index is 524. The number of hydrogen-bond acceptors (Lipinski definition) is 6. The molecule has 3 heterocycles. The number of nitrogens with zero attached hydrogens (tertiary/aromatic N) is 1. The SMILES string of the molecule is COC1OC(c2cc([Si](C)(C)C)on2)[C@H]2OC(C)(C)O[C@@H]12. The predicted octanol–water partition coefficient (Wildman–Crippen LogP) is 1.78. The van der Waals surface area contributed by atoms with Crippen molar-refractivity contribution in [2.75, 3.05) is 7.11 Å². The second kappa shape index (κ2) is 4.89. The average molecular weight is 313 g/mol. The van der Waals surface area contributed by atoms with Gasteiger partial charge in [0.2, 0.25) is 0 Å². The van der Waals surface area contributed by atoms with Gasteiger partial charge in [-0.2, -0.15) is 0 Å². The van der Waals surface area contributed by atoms with Crippen molar-refractivity contribution in [3.05, 3.63) is 11.8 Å². The molecule has 0 saturated carbocycles. The number of methoxy groups -OCH3 is 1. The van der Waals surface area contributed by atoms with E-state index in [-0.39, 0.29) is 18.3 Å². The van der Waals surface area contributed by atoms with E-state index in [4.69, 9.17) is 23.5 Å². The van der Waals surface area contributed by atoms with Crippen molar-refractivity contribution in [2.45, 2.75) is 63.9 Å². The van der Waals surface area contributed by atoms with Crippen LogP contribution < -0.4 is 5.38 Å². The molecular formula is C14H23NO5Si. The minimum atomic E-state index is -1.54. The van der Waals surface area contributed by atoms with Crippen LogP contribution in [-0.4, -0.2) is 44.6 Å². The molecule has 1 aromatic rings. The minimum absolute atomic E-state index is 0.232. The van der Waals surface area contributed by atoms with Crippen molar-refractivity contribution in [3.63, 3.8) is 0 Å². The molecule has 0 N–H and O–H groups in total. The molecule has 6 nitrogen and oxygen atoms in total. The van der Waals surface area contributed by atoms with Gasteiger partial charge in [-0.1, -0.05) is 24.8 Å². The van der Waals surface area contributed by atoms with Crippen LogP contribution in [0.25, 0.3) is 0 Å². The number of ether oxygens (including phenoxy) is 4. The molecule has 0 aromatic carbocycles. The average Bonchev–Trinajstić information content (AvgIpc) is 3.00. The van der Waals surface area contributed by atoms with E-state index in [1.54, 1.807) is 7.11 Å². The summed E-state index contributed by atoms with van der Waals surface area (Å²) in [5.41, 5.74) is 0.753. The Hall–Kier alpha value is -0.733. The van der Waals surface area contributed by atoms with Crippen molar-refractivity contribution in [1.29, 1.82) is 0 Å². The molecular weight excluding hydrogens is 290 g/mol. The van der Waals surface area contributed by atoms with Gasteiger partial charge >= 0.3 is 0 Å². The van der Waals surface area contributed by atoms with E-state index in [1.807, 2.05) is 19.9 Å². The van der Waals surface area contributed by atoms with Gasteiger partial charge in [0, 0.05) is 13.2 Å². The molecule has 3 rings (SSSR count). The highest BCUT2D eigenvalue weighted by molar-refractivity contribution is 6.87. The lowest BCUT2D eigenvalue weighted by Crippen LogP contribution is -2.36. The van der Waals surface area contributed by atoms with E-state index in [0.29, 0.717) is 0 Å². The zero-order chi connectivity index (χ0) is 15.4. The summed E-state index contributed by atoms with van der Waals surface area (Å²) in [6, 6.07) is 1.99. The van der Waals surface area contributed by atoms with Gasteiger partial charge < -0.3 is 23.5 Å². The third-order valence-corrected chi connectivity index (χ3v) is 5.52. The number of fused-ring (bicyclic) bond motifs is 1. The fraction of sp³-hybridized carbons (Fsp3) is 0.786. The van der Waals surface area contributed by atoms with E-state index < -0.39 is 20.2 Å². The van der Waals surface area contributed by atoms with E-state index >= 15 is 0 Å². The Morgan fingerprint density at radius 2 is 1.86 bits per heavy atom. The molecule has 0 amide bonds. The molecule has 2 unspecified atom stereocenters. The van der Waals surface area contributed by atoms with Crippen LogP contribution in [0.4, 0.5) is 0 Å². The van der Waals surface area contributed by atoms with Crippen molar-refractivity contribution < 1.29 is 23.5 Å². The van der Waals surface area contributed by atoms with Crippen molar-refractivity contribution in [3.8, 4) is 0 Å². The highest BCUT2D eigenvalue weighted by Gasteiger charge is 2.56. The van der Waals surface area contributed by atoms with Gasteiger partial charge in [0.05, 0.1) is 0 Å². The molecule has 118 valence electrons. The molecule has 0 aliphatic carbocycles. The lowest BCUT2D eigenvalue weighted by Gasteiger charge is -2.22. The fourth-order valence-electron chi connectivity index (χ4n) is 2.77. The van der Waals surface area contributed by atoms with E-state index in [9.17, 15) is 0 Å². The van der Waals surface area contributed by atoms with E-state index in [1.165, 1.54) is 0 Å². The molecule has 7 heteroatoms. The minimum Gasteiger partial charge on any atom is -0.366 e. The van der Waals surface area contributed by atoms with Gasteiger partial charge in [0.1, 0.15) is 37.5 Å². The molecule has 4 atom stereocenters. The molecule has 0 bridgehead atoms. The maximum absolute atomic E-state index is 5.97. The first-order chi connectivity index (χ1) is 9.71. The van der Waals surface area contributed by atoms with Gasteiger partial charge in [0.15, 0.2) is 12.1 Å². The third kappa shape index (κ3) is 2.68. The lowest BCUT2D eigenvalue weighted by atomic mass is 10.1. The Balaban J connectivity index is 1.87. The standard InChI is InChI=1S/C14H23NO5Si/c1-14(2)18-11-10(17-13(16-3)12(11)19-14)8-7-9(20-15-8)21(4,5)6/h7,10-13H,1-6H3/t10?,11-,12-,13?/m1/s1. The first kappa shape index (κ1) is 15.2. The monoisotopic (exact) mass is 313 g/mol. The molecule has 2 aliphatic heterocycles. The van der Waals surface area contributed by atoms with Crippen LogP contribution in [0.5, 0.6) is 0 Å². The maximum Gasteiger partial charge on any atom is 0.187 e. The van der Waals surface area contributed by atoms with Crippen LogP contribution in [0.2, 0.25) is 19.6 Å². The Morgan fingerprint density at radius 3 is 2.43 bits per heavy atom. The second-order valence-corrected chi connectivity index (χ2v) is 12.1. The first-order valence-corrected chi connectivity index (χ1v) is 10.7. The molecule has 21 heavy (non-hydrogen) atoms. The zero-order valence-electron chi connectivity index (χ0n) is 13.4. The Labute approximate surface area is 125 Å². The predicted molar refractivity (Wildman–Crippen MR) is 77.9 cm³/mol. The van der Waals surface area contributed by atoms with Crippen LogP contribution in [-0.2, 0) is 18.9 Å². The van der Waals surface area contributed by atoms with Gasteiger partial charge in [0.25, 0.3) is 0 Å². The number of aromatic nitrogens is 1. The molecule has 2 aliphatic rings. The maximum atomic E-state index is 5.97. The van der Waals surface area contributed by atoms with Crippen molar-refractivity contribution >= 4 is 13.5 Å². The summed E-state index contributed by atoms with van der Waals surface area (Å²) in [6.45, 7) is 10.4. The van der Waals surface area contributed by atoms with Crippen molar-refractivity contribution in [1.82, 2.24) is 5.16 Å². The van der Waals surface area contributed by atoms with Crippen LogP contribution in [0.1, 0.15) is 25.6 Å². The second-order valence-electron chi connectivity index (χ2n) is 7.09.